The Balaban J connectivity index is 2.53. The molecular weight excluding hydrogens is 219 g/mol. The van der Waals surface area contributed by atoms with Gasteiger partial charge in [0, 0.05) is 11.6 Å². The van der Waals surface area contributed by atoms with Crippen LogP contribution in [0.5, 0.6) is 0 Å². The maximum Gasteiger partial charge on any atom is 0.109 e. The second-order valence-electron chi connectivity index (χ2n) is 7.57. The van der Waals surface area contributed by atoms with Gasteiger partial charge in [0.15, 0.2) is 0 Å². The summed E-state index contributed by atoms with van der Waals surface area (Å²) in [6, 6.07) is 0.422. The first-order valence-corrected chi connectivity index (χ1v) is 7.85. The first kappa shape index (κ1) is 16.0. The Bertz CT molecular complexity index is 239. The Kier molecular flexibility index (Phi) is 6.20. The summed E-state index contributed by atoms with van der Waals surface area (Å²) < 4.78 is 0. The molecule has 0 heterocycles. The fourth-order valence-electron chi connectivity index (χ4n) is 2.97. The zero-order chi connectivity index (χ0) is 13.6. The van der Waals surface area contributed by atoms with Crippen molar-refractivity contribution in [1.82, 2.24) is 0 Å². The summed E-state index contributed by atoms with van der Waals surface area (Å²) in [7, 11) is 2.38. The lowest BCUT2D eigenvalue weighted by Crippen LogP contribution is -2.36. The summed E-state index contributed by atoms with van der Waals surface area (Å²) >= 11 is 0. The Labute approximate surface area is 115 Å². The predicted octanol–water partition coefficient (Wildman–Crippen LogP) is 2.76. The van der Waals surface area contributed by atoms with Crippen LogP contribution in [0, 0.1) is 0 Å². The molecule has 1 fully saturated rings. The molecule has 0 amide bonds. The van der Waals surface area contributed by atoms with E-state index in [4.69, 9.17) is 11.5 Å². The van der Waals surface area contributed by atoms with E-state index < -0.39 is 0 Å². The van der Waals surface area contributed by atoms with Gasteiger partial charge in [-0.25, -0.2) is 0 Å². The van der Waals surface area contributed by atoms with Crippen molar-refractivity contribution in [1.29, 1.82) is 0 Å². The summed E-state index contributed by atoms with van der Waals surface area (Å²) in [5.74, 6) is 0. The average molecular weight is 252 g/mol. The molecule has 0 bridgehead atoms. The summed E-state index contributed by atoms with van der Waals surface area (Å²) in [5, 5.41) is 0.425. The first-order valence-electron chi connectivity index (χ1n) is 7.85. The van der Waals surface area contributed by atoms with Crippen LogP contribution in [0.25, 0.3) is 0 Å². The quantitative estimate of drug-likeness (QED) is 0.651. The lowest BCUT2D eigenvalue weighted by Gasteiger charge is -2.31. The van der Waals surface area contributed by atoms with Crippen molar-refractivity contribution in [2.75, 3.05) is 0 Å². The van der Waals surface area contributed by atoms with Gasteiger partial charge >= 0.3 is 0 Å². The smallest absolute Gasteiger partial charge is 0.109 e. The fourth-order valence-corrected chi connectivity index (χ4v) is 2.97. The van der Waals surface area contributed by atoms with E-state index >= 15 is 0 Å². The van der Waals surface area contributed by atoms with Gasteiger partial charge in [0.25, 0.3) is 0 Å². The van der Waals surface area contributed by atoms with Gasteiger partial charge in [-0.2, -0.15) is 0 Å². The molecule has 0 aliphatic heterocycles. The van der Waals surface area contributed by atoms with Crippen molar-refractivity contribution in [3.63, 3.8) is 0 Å². The minimum Gasteiger partial charge on any atom is -0.328 e. The molecular formula is C15H33BN2. The van der Waals surface area contributed by atoms with Crippen LogP contribution in [-0.2, 0) is 0 Å². The molecule has 0 spiro atoms. The largest absolute Gasteiger partial charge is 0.328 e. The molecule has 106 valence electrons. The lowest BCUT2D eigenvalue weighted by molar-refractivity contribution is 0.342. The molecule has 18 heavy (non-hydrogen) atoms. The molecule has 0 aromatic rings. The van der Waals surface area contributed by atoms with Gasteiger partial charge in [-0.3, -0.25) is 0 Å². The molecule has 0 aromatic heterocycles. The van der Waals surface area contributed by atoms with Crippen LogP contribution in [0.15, 0.2) is 0 Å². The maximum absolute atomic E-state index is 6.42. The summed E-state index contributed by atoms with van der Waals surface area (Å²) in [6.45, 7) is 4.61. The van der Waals surface area contributed by atoms with Gasteiger partial charge < -0.3 is 11.5 Å². The molecule has 1 aliphatic rings. The van der Waals surface area contributed by atoms with Crippen molar-refractivity contribution in [2.24, 2.45) is 11.5 Å². The summed E-state index contributed by atoms with van der Waals surface area (Å²) in [4.78, 5) is 0. The molecule has 0 radical (unpaired) electrons. The Morgan fingerprint density at radius 3 is 2.28 bits per heavy atom. The number of hydrogen-bond acceptors (Lipinski definition) is 2. The monoisotopic (exact) mass is 252 g/mol. The van der Waals surface area contributed by atoms with Crippen LogP contribution in [-0.4, -0.2) is 19.4 Å². The summed E-state index contributed by atoms with van der Waals surface area (Å²) in [5.41, 5.74) is 12.6. The standard InChI is InChI=1S/C15H33BN2/c1-14(16)9-6-8-13(17)7-4-3-5-10-15(2,18)12-11-14/h13H,3-12,16-18H2,1-2H3. The Morgan fingerprint density at radius 1 is 0.889 bits per heavy atom. The third kappa shape index (κ3) is 6.79. The molecule has 3 unspecified atom stereocenters. The van der Waals surface area contributed by atoms with Crippen LogP contribution < -0.4 is 11.5 Å². The van der Waals surface area contributed by atoms with Crippen LogP contribution in [0.2, 0.25) is 5.31 Å². The van der Waals surface area contributed by atoms with Crippen molar-refractivity contribution < 1.29 is 0 Å². The zero-order valence-corrected chi connectivity index (χ0v) is 12.8. The van der Waals surface area contributed by atoms with E-state index in [0.29, 0.717) is 11.4 Å². The predicted molar refractivity (Wildman–Crippen MR) is 83.6 cm³/mol. The maximum atomic E-state index is 6.42. The van der Waals surface area contributed by atoms with Gasteiger partial charge in [0.2, 0.25) is 0 Å². The van der Waals surface area contributed by atoms with E-state index in [2.05, 4.69) is 21.7 Å². The van der Waals surface area contributed by atoms with Crippen molar-refractivity contribution in [2.45, 2.75) is 95.0 Å². The van der Waals surface area contributed by atoms with Gasteiger partial charge in [-0.15, -0.1) is 0 Å². The van der Waals surface area contributed by atoms with E-state index in [-0.39, 0.29) is 5.54 Å². The van der Waals surface area contributed by atoms with Crippen LogP contribution >= 0.6 is 0 Å². The second kappa shape index (κ2) is 6.95. The van der Waals surface area contributed by atoms with Crippen LogP contribution in [0.3, 0.4) is 0 Å². The Hall–Kier alpha value is -0.0151. The zero-order valence-electron chi connectivity index (χ0n) is 12.8. The number of rotatable bonds is 0. The SMILES string of the molecule is BC1(C)CCCC(N)CCCCCC(C)(N)CC1. The lowest BCUT2D eigenvalue weighted by atomic mass is 9.63. The fraction of sp³-hybridized carbons (Fsp3) is 1.00. The molecule has 2 nitrogen and oxygen atoms in total. The molecule has 4 N–H and O–H groups in total. The van der Waals surface area contributed by atoms with Crippen molar-refractivity contribution in [3.05, 3.63) is 0 Å². The number of nitrogens with two attached hydrogens (primary N) is 2. The Morgan fingerprint density at radius 2 is 1.56 bits per heavy atom. The molecule has 3 atom stereocenters. The molecule has 1 rings (SSSR count). The minimum atomic E-state index is 0.0352. The third-order valence-electron chi connectivity index (χ3n) is 4.62. The van der Waals surface area contributed by atoms with Crippen molar-refractivity contribution in [3.8, 4) is 0 Å². The van der Waals surface area contributed by atoms with E-state index in [1.807, 2.05) is 0 Å². The van der Waals surface area contributed by atoms with Gasteiger partial charge in [-0.1, -0.05) is 50.8 Å². The normalized spacial score (nSPS) is 41.4. The highest BCUT2D eigenvalue weighted by molar-refractivity contribution is 6.14. The van der Waals surface area contributed by atoms with Crippen molar-refractivity contribution >= 4 is 7.85 Å². The molecule has 1 saturated carbocycles. The third-order valence-corrected chi connectivity index (χ3v) is 4.62. The molecule has 3 heteroatoms. The second-order valence-corrected chi connectivity index (χ2v) is 7.57. The average Bonchev–Trinajstić information content (AvgIpc) is 2.26. The van der Waals surface area contributed by atoms with E-state index in [0.717, 1.165) is 12.8 Å². The minimum absolute atomic E-state index is 0.0352. The van der Waals surface area contributed by atoms with E-state index in [9.17, 15) is 0 Å². The summed E-state index contributed by atoms with van der Waals surface area (Å²) in [6.07, 6.45) is 12.4. The highest BCUT2D eigenvalue weighted by Gasteiger charge is 2.24. The van der Waals surface area contributed by atoms with Gasteiger partial charge in [-0.05, 0) is 32.6 Å². The first-order chi connectivity index (χ1) is 8.31. The molecule has 0 aromatic carbocycles. The van der Waals surface area contributed by atoms with E-state index in [1.54, 1.807) is 0 Å². The molecule has 1 aliphatic carbocycles. The van der Waals surface area contributed by atoms with E-state index in [1.165, 1.54) is 51.4 Å². The number of hydrogen-bond donors (Lipinski definition) is 2. The molecule has 0 saturated heterocycles. The van der Waals surface area contributed by atoms with Gasteiger partial charge in [0.05, 0.1) is 0 Å². The van der Waals surface area contributed by atoms with Crippen LogP contribution in [0.4, 0.5) is 0 Å². The topological polar surface area (TPSA) is 52.0 Å². The highest BCUT2D eigenvalue weighted by Crippen LogP contribution is 2.36. The van der Waals surface area contributed by atoms with Crippen LogP contribution in [0.1, 0.15) is 78.1 Å². The highest BCUT2D eigenvalue weighted by atomic mass is 14.7. The van der Waals surface area contributed by atoms with Gasteiger partial charge in [0.1, 0.15) is 7.85 Å².